The van der Waals surface area contributed by atoms with Crippen LogP contribution in [0.2, 0.25) is 10.0 Å². The summed E-state index contributed by atoms with van der Waals surface area (Å²) in [6.45, 7) is 2.21. The van der Waals surface area contributed by atoms with Gasteiger partial charge in [-0.3, -0.25) is 0 Å². The van der Waals surface area contributed by atoms with E-state index in [1.54, 1.807) is 12.1 Å². The van der Waals surface area contributed by atoms with Crippen LogP contribution in [0.3, 0.4) is 0 Å². The van der Waals surface area contributed by atoms with Gasteiger partial charge < -0.3 is 9.26 Å². The molecule has 0 aliphatic rings. The highest BCUT2D eigenvalue weighted by Crippen LogP contribution is 2.26. The van der Waals surface area contributed by atoms with Crippen LogP contribution in [0.5, 0.6) is 5.75 Å². The molecule has 0 saturated carbocycles. The Balaban J connectivity index is 1.65. The fourth-order valence-electron chi connectivity index (χ4n) is 2.12. The van der Waals surface area contributed by atoms with Crippen LogP contribution in [-0.4, -0.2) is 10.1 Å². The molecule has 0 N–H and O–H groups in total. The quantitative estimate of drug-likeness (QED) is 0.530. The summed E-state index contributed by atoms with van der Waals surface area (Å²) in [6.07, 6.45) is 0.466. The van der Waals surface area contributed by atoms with Crippen molar-refractivity contribution in [2.24, 2.45) is 0 Å². The van der Waals surface area contributed by atoms with E-state index in [-0.39, 0.29) is 6.61 Å². The van der Waals surface area contributed by atoms with Gasteiger partial charge in [-0.05, 0) is 58.2 Å². The molecular formula is C17H13BrCl2N2O2. The lowest BCUT2D eigenvalue weighted by molar-refractivity contribution is 0.241. The Labute approximate surface area is 157 Å². The first-order valence-electron chi connectivity index (χ1n) is 7.15. The number of benzene rings is 2. The van der Waals surface area contributed by atoms with Crippen LogP contribution >= 0.6 is 39.1 Å². The van der Waals surface area contributed by atoms with E-state index in [4.69, 9.17) is 32.5 Å². The maximum Gasteiger partial charge on any atom is 0.264 e. The van der Waals surface area contributed by atoms with Gasteiger partial charge in [-0.1, -0.05) is 40.5 Å². The van der Waals surface area contributed by atoms with Gasteiger partial charge in [0.05, 0.1) is 4.47 Å². The zero-order valence-electron chi connectivity index (χ0n) is 12.7. The van der Waals surface area contributed by atoms with Crippen LogP contribution in [0.4, 0.5) is 0 Å². The van der Waals surface area contributed by atoms with E-state index in [1.807, 2.05) is 31.2 Å². The van der Waals surface area contributed by atoms with Gasteiger partial charge in [0, 0.05) is 16.5 Å². The zero-order valence-corrected chi connectivity index (χ0v) is 15.8. The maximum absolute atomic E-state index is 6.16. The van der Waals surface area contributed by atoms with E-state index < -0.39 is 0 Å². The number of hydrogen-bond acceptors (Lipinski definition) is 4. The molecule has 24 heavy (non-hydrogen) atoms. The Morgan fingerprint density at radius 3 is 2.75 bits per heavy atom. The van der Waals surface area contributed by atoms with Gasteiger partial charge in [-0.2, -0.15) is 4.98 Å². The summed E-state index contributed by atoms with van der Waals surface area (Å²) in [5.41, 5.74) is 2.03. The number of aromatic nitrogens is 2. The second kappa shape index (κ2) is 7.55. The van der Waals surface area contributed by atoms with Gasteiger partial charge >= 0.3 is 0 Å². The summed E-state index contributed by atoms with van der Waals surface area (Å²) >= 11 is 15.5. The number of rotatable bonds is 5. The first-order chi connectivity index (χ1) is 11.5. The summed E-state index contributed by atoms with van der Waals surface area (Å²) in [4.78, 5) is 4.32. The molecule has 124 valence electrons. The highest BCUT2D eigenvalue weighted by molar-refractivity contribution is 9.10. The Morgan fingerprint density at radius 1 is 1.17 bits per heavy atom. The molecule has 2 aromatic carbocycles. The van der Waals surface area contributed by atoms with Gasteiger partial charge in [0.25, 0.3) is 5.89 Å². The third-order valence-corrected chi connectivity index (χ3v) is 4.52. The predicted octanol–water partition coefficient (Wildman–Crippen LogP) is 5.62. The molecule has 0 aliphatic carbocycles. The SMILES string of the molecule is Cc1ccc(OCc2nc(Cc3ccc(Cl)cc3Cl)no2)c(Br)c1. The molecule has 0 aliphatic heterocycles. The minimum Gasteiger partial charge on any atom is -0.483 e. The number of ether oxygens (including phenoxy) is 1. The Kier molecular flexibility index (Phi) is 5.43. The van der Waals surface area contributed by atoms with E-state index in [0.717, 1.165) is 21.3 Å². The molecule has 4 nitrogen and oxygen atoms in total. The molecular weight excluding hydrogens is 415 g/mol. The summed E-state index contributed by atoms with van der Waals surface area (Å²) in [5.74, 6) is 1.67. The van der Waals surface area contributed by atoms with E-state index in [0.29, 0.717) is 28.2 Å². The van der Waals surface area contributed by atoms with Gasteiger partial charge in [-0.15, -0.1) is 0 Å². The van der Waals surface area contributed by atoms with Crippen molar-refractivity contribution in [2.45, 2.75) is 20.0 Å². The van der Waals surface area contributed by atoms with Crippen molar-refractivity contribution in [2.75, 3.05) is 0 Å². The second-order valence-electron chi connectivity index (χ2n) is 5.24. The van der Waals surface area contributed by atoms with Gasteiger partial charge in [-0.25, -0.2) is 0 Å². The van der Waals surface area contributed by atoms with E-state index in [1.165, 1.54) is 0 Å². The number of hydrogen-bond donors (Lipinski definition) is 0. The third kappa shape index (κ3) is 4.29. The van der Waals surface area contributed by atoms with Crippen LogP contribution in [0.25, 0.3) is 0 Å². The molecule has 3 rings (SSSR count). The van der Waals surface area contributed by atoms with Crippen LogP contribution in [-0.2, 0) is 13.0 Å². The molecule has 3 aromatic rings. The topological polar surface area (TPSA) is 48.2 Å². The molecule has 0 amide bonds. The fraction of sp³-hybridized carbons (Fsp3) is 0.176. The average molecular weight is 428 g/mol. The number of halogens is 3. The lowest BCUT2D eigenvalue weighted by Gasteiger charge is -2.06. The Hall–Kier alpha value is -1.56. The van der Waals surface area contributed by atoms with Gasteiger partial charge in [0.2, 0.25) is 0 Å². The van der Waals surface area contributed by atoms with Crippen molar-refractivity contribution in [3.05, 3.63) is 73.8 Å². The highest BCUT2D eigenvalue weighted by Gasteiger charge is 2.11. The predicted molar refractivity (Wildman–Crippen MR) is 96.8 cm³/mol. The average Bonchev–Trinajstić information content (AvgIpc) is 2.97. The monoisotopic (exact) mass is 426 g/mol. The fourth-order valence-corrected chi connectivity index (χ4v) is 3.20. The van der Waals surface area contributed by atoms with Crippen molar-refractivity contribution in [3.8, 4) is 5.75 Å². The molecule has 0 atom stereocenters. The zero-order chi connectivity index (χ0) is 17.1. The molecule has 7 heteroatoms. The highest BCUT2D eigenvalue weighted by atomic mass is 79.9. The van der Waals surface area contributed by atoms with Crippen LogP contribution < -0.4 is 4.74 Å². The first-order valence-corrected chi connectivity index (χ1v) is 8.70. The molecule has 0 bridgehead atoms. The number of aryl methyl sites for hydroxylation is 1. The standard InChI is InChI=1S/C17H13BrCl2N2O2/c1-10-2-5-15(13(18)6-10)23-9-17-21-16(22-24-17)7-11-3-4-12(19)8-14(11)20/h2-6,8H,7,9H2,1H3. The van der Waals surface area contributed by atoms with E-state index >= 15 is 0 Å². The minimum atomic E-state index is 0.197. The molecule has 0 radical (unpaired) electrons. The third-order valence-electron chi connectivity index (χ3n) is 3.31. The van der Waals surface area contributed by atoms with Gasteiger partial charge in [0.1, 0.15) is 5.75 Å². The molecule has 0 fully saturated rings. The molecule has 0 unspecified atom stereocenters. The van der Waals surface area contributed by atoms with E-state index in [2.05, 4.69) is 26.1 Å². The first kappa shape index (κ1) is 17.3. The van der Waals surface area contributed by atoms with Crippen LogP contribution in [0.1, 0.15) is 22.8 Å². The lowest BCUT2D eigenvalue weighted by Crippen LogP contribution is -1.97. The van der Waals surface area contributed by atoms with Crippen molar-refractivity contribution < 1.29 is 9.26 Å². The maximum atomic E-state index is 6.16. The Bertz CT molecular complexity index is 868. The smallest absolute Gasteiger partial charge is 0.264 e. The summed E-state index contributed by atoms with van der Waals surface area (Å²) in [5, 5.41) is 5.12. The van der Waals surface area contributed by atoms with Gasteiger partial charge in [0.15, 0.2) is 12.4 Å². The molecule has 1 aromatic heterocycles. The molecule has 0 spiro atoms. The summed E-state index contributed by atoms with van der Waals surface area (Å²) in [7, 11) is 0. The van der Waals surface area contributed by atoms with Crippen molar-refractivity contribution >= 4 is 39.1 Å². The van der Waals surface area contributed by atoms with Crippen LogP contribution in [0, 0.1) is 6.92 Å². The normalized spacial score (nSPS) is 10.8. The number of nitrogens with zero attached hydrogens (tertiary/aromatic N) is 2. The molecule has 1 heterocycles. The summed E-state index contributed by atoms with van der Waals surface area (Å²) < 4.78 is 11.8. The van der Waals surface area contributed by atoms with Crippen molar-refractivity contribution in [1.29, 1.82) is 0 Å². The van der Waals surface area contributed by atoms with Crippen molar-refractivity contribution in [1.82, 2.24) is 10.1 Å². The summed E-state index contributed by atoms with van der Waals surface area (Å²) in [6, 6.07) is 11.2. The lowest BCUT2D eigenvalue weighted by atomic mass is 10.1. The van der Waals surface area contributed by atoms with E-state index in [9.17, 15) is 0 Å². The van der Waals surface area contributed by atoms with Crippen LogP contribution in [0.15, 0.2) is 45.4 Å². The minimum absolute atomic E-state index is 0.197. The second-order valence-corrected chi connectivity index (χ2v) is 6.94. The van der Waals surface area contributed by atoms with Crippen molar-refractivity contribution in [3.63, 3.8) is 0 Å². The Morgan fingerprint density at radius 2 is 2.00 bits per heavy atom. The largest absolute Gasteiger partial charge is 0.483 e. The molecule has 0 saturated heterocycles.